The van der Waals surface area contributed by atoms with Crippen LogP contribution < -0.4 is 0 Å². The average Bonchev–Trinajstić information content (AvgIpc) is 2.91. The monoisotopic (exact) mass is 377 g/mol. The molecule has 4 rings (SSSR count). The van der Waals surface area contributed by atoms with Crippen LogP contribution in [0.15, 0.2) is 30.6 Å². The number of aryl methyl sites for hydroxylation is 2. The van der Waals surface area contributed by atoms with E-state index in [4.69, 9.17) is 11.6 Å². The number of hydrogen-bond donors (Lipinski definition) is 0. The Labute approximate surface area is 150 Å². The number of alkyl halides is 3. The van der Waals surface area contributed by atoms with Crippen LogP contribution in [0, 0.1) is 13.8 Å². The van der Waals surface area contributed by atoms with Crippen LogP contribution in [0.2, 0.25) is 5.02 Å². The third-order valence-electron chi connectivity index (χ3n) is 4.14. The van der Waals surface area contributed by atoms with Crippen molar-refractivity contribution in [2.45, 2.75) is 20.0 Å². The highest BCUT2D eigenvalue weighted by molar-refractivity contribution is 6.35. The predicted octanol–water partition coefficient (Wildman–Crippen LogP) is 4.63. The maximum absolute atomic E-state index is 13.3. The lowest BCUT2D eigenvalue weighted by Gasteiger charge is -2.11. The number of imidazole rings is 1. The molecule has 0 aliphatic rings. The number of aromatic nitrogens is 5. The molecular weight excluding hydrogens is 367 g/mol. The molecule has 0 unspecified atom stereocenters. The van der Waals surface area contributed by atoms with Crippen molar-refractivity contribution in [1.82, 2.24) is 24.6 Å². The van der Waals surface area contributed by atoms with Gasteiger partial charge in [0.05, 0.1) is 21.8 Å². The maximum atomic E-state index is 13.3. The van der Waals surface area contributed by atoms with Crippen LogP contribution in [0.3, 0.4) is 0 Å². The Morgan fingerprint density at radius 2 is 1.88 bits per heavy atom. The Morgan fingerprint density at radius 3 is 2.58 bits per heavy atom. The first kappa shape index (κ1) is 16.7. The second kappa shape index (κ2) is 5.63. The standard InChI is InChI=1S/C17H11ClF3N5/c1-8-7-22-4-3-11(8)16-23-9(2)15-25-24-14-12(18)5-10(17(19,20)21)6-13(14)26(15)16/h3-7H,1-2H3. The third-order valence-corrected chi connectivity index (χ3v) is 4.43. The quantitative estimate of drug-likeness (QED) is 0.485. The smallest absolute Gasteiger partial charge is 0.273 e. The summed E-state index contributed by atoms with van der Waals surface area (Å²) in [5.41, 5.74) is 2.03. The summed E-state index contributed by atoms with van der Waals surface area (Å²) < 4.78 is 41.3. The van der Waals surface area contributed by atoms with Crippen LogP contribution in [0.1, 0.15) is 16.8 Å². The molecule has 9 heteroatoms. The molecule has 1 aromatic carbocycles. The van der Waals surface area contributed by atoms with Gasteiger partial charge in [-0.1, -0.05) is 11.6 Å². The first-order valence-corrected chi connectivity index (χ1v) is 7.98. The van der Waals surface area contributed by atoms with Crippen molar-refractivity contribution in [2.75, 3.05) is 0 Å². The number of rotatable bonds is 1. The van der Waals surface area contributed by atoms with Crippen molar-refractivity contribution in [3.8, 4) is 11.4 Å². The van der Waals surface area contributed by atoms with Gasteiger partial charge in [0.15, 0.2) is 5.65 Å². The molecule has 0 amide bonds. The molecule has 0 saturated heterocycles. The summed E-state index contributed by atoms with van der Waals surface area (Å²) in [5, 5.41) is 7.99. The lowest BCUT2D eigenvalue weighted by molar-refractivity contribution is -0.137. The topological polar surface area (TPSA) is 56.0 Å². The van der Waals surface area contributed by atoms with Crippen LogP contribution in [0.5, 0.6) is 0 Å². The number of fused-ring (bicyclic) bond motifs is 3. The zero-order valence-corrected chi connectivity index (χ0v) is 14.4. The highest BCUT2D eigenvalue weighted by Gasteiger charge is 2.32. The molecule has 0 N–H and O–H groups in total. The average molecular weight is 378 g/mol. The van der Waals surface area contributed by atoms with E-state index in [0.29, 0.717) is 17.2 Å². The maximum Gasteiger partial charge on any atom is 0.416 e. The minimum atomic E-state index is -4.53. The molecule has 5 nitrogen and oxygen atoms in total. The van der Waals surface area contributed by atoms with E-state index in [2.05, 4.69) is 20.2 Å². The van der Waals surface area contributed by atoms with Crippen molar-refractivity contribution in [3.05, 3.63) is 52.4 Å². The SMILES string of the molecule is Cc1cnccc1-c1nc(C)c2nnc3c(Cl)cc(C(F)(F)F)cc3n12. The van der Waals surface area contributed by atoms with Crippen LogP contribution in [0.25, 0.3) is 28.1 Å². The van der Waals surface area contributed by atoms with E-state index in [-0.39, 0.29) is 16.1 Å². The van der Waals surface area contributed by atoms with E-state index in [9.17, 15) is 13.2 Å². The zero-order chi connectivity index (χ0) is 18.6. The number of halogens is 4. The lowest BCUT2D eigenvalue weighted by atomic mass is 10.1. The molecule has 0 radical (unpaired) electrons. The first-order chi connectivity index (χ1) is 12.3. The van der Waals surface area contributed by atoms with Gasteiger partial charge in [-0.15, -0.1) is 10.2 Å². The lowest BCUT2D eigenvalue weighted by Crippen LogP contribution is -2.07. The molecule has 0 aliphatic carbocycles. The summed E-state index contributed by atoms with van der Waals surface area (Å²) in [6.45, 7) is 3.58. The van der Waals surface area contributed by atoms with Crippen molar-refractivity contribution < 1.29 is 13.2 Å². The summed E-state index contributed by atoms with van der Waals surface area (Å²) in [4.78, 5) is 8.55. The summed E-state index contributed by atoms with van der Waals surface area (Å²) in [6, 6.07) is 3.63. The zero-order valence-electron chi connectivity index (χ0n) is 13.6. The second-order valence-corrected chi connectivity index (χ2v) is 6.30. The molecule has 132 valence electrons. The Hall–Kier alpha value is -2.74. The Morgan fingerprint density at radius 1 is 1.12 bits per heavy atom. The second-order valence-electron chi connectivity index (χ2n) is 5.89. The first-order valence-electron chi connectivity index (χ1n) is 7.60. The van der Waals surface area contributed by atoms with E-state index in [1.165, 1.54) is 0 Å². The largest absolute Gasteiger partial charge is 0.416 e. The summed E-state index contributed by atoms with van der Waals surface area (Å²) in [5.74, 6) is 0.465. The number of benzene rings is 1. The highest BCUT2D eigenvalue weighted by Crippen LogP contribution is 2.36. The normalized spacial score (nSPS) is 12.2. The Bertz CT molecular complexity index is 1170. The van der Waals surface area contributed by atoms with E-state index in [0.717, 1.165) is 23.3 Å². The van der Waals surface area contributed by atoms with Gasteiger partial charge in [-0.3, -0.25) is 9.38 Å². The van der Waals surface area contributed by atoms with Gasteiger partial charge in [0.25, 0.3) is 0 Å². The van der Waals surface area contributed by atoms with Gasteiger partial charge in [0.2, 0.25) is 0 Å². The van der Waals surface area contributed by atoms with Gasteiger partial charge < -0.3 is 0 Å². The van der Waals surface area contributed by atoms with E-state index < -0.39 is 11.7 Å². The van der Waals surface area contributed by atoms with Crippen LogP contribution >= 0.6 is 11.6 Å². The molecule has 0 saturated carbocycles. The fourth-order valence-corrected chi connectivity index (χ4v) is 3.14. The summed E-state index contributed by atoms with van der Waals surface area (Å²) in [7, 11) is 0. The molecule has 26 heavy (non-hydrogen) atoms. The predicted molar refractivity (Wildman–Crippen MR) is 91.0 cm³/mol. The molecule has 3 aromatic heterocycles. The fraction of sp³-hybridized carbons (Fsp3) is 0.176. The molecule has 0 bridgehead atoms. The number of pyridine rings is 1. The van der Waals surface area contributed by atoms with Gasteiger partial charge in [-0.2, -0.15) is 13.2 Å². The molecular formula is C17H11ClF3N5. The van der Waals surface area contributed by atoms with Crippen molar-refractivity contribution >= 4 is 28.3 Å². The van der Waals surface area contributed by atoms with Crippen LogP contribution in [-0.4, -0.2) is 24.6 Å². The molecule has 0 fully saturated rings. The van der Waals surface area contributed by atoms with Crippen molar-refractivity contribution in [3.63, 3.8) is 0 Å². The minimum Gasteiger partial charge on any atom is -0.273 e. The van der Waals surface area contributed by atoms with Crippen molar-refractivity contribution in [1.29, 1.82) is 0 Å². The molecule has 0 aliphatic heterocycles. The summed E-state index contributed by atoms with van der Waals surface area (Å²) >= 11 is 6.06. The number of hydrogen-bond acceptors (Lipinski definition) is 4. The van der Waals surface area contributed by atoms with E-state index in [1.54, 1.807) is 29.8 Å². The molecule has 4 aromatic rings. The Balaban J connectivity index is 2.18. The fourth-order valence-electron chi connectivity index (χ4n) is 2.89. The van der Waals surface area contributed by atoms with Gasteiger partial charge in [-0.25, -0.2) is 4.98 Å². The highest BCUT2D eigenvalue weighted by atomic mass is 35.5. The molecule has 3 heterocycles. The molecule has 0 spiro atoms. The van der Waals surface area contributed by atoms with Gasteiger partial charge in [-0.05, 0) is 37.6 Å². The van der Waals surface area contributed by atoms with E-state index >= 15 is 0 Å². The number of nitrogens with zero attached hydrogens (tertiary/aromatic N) is 5. The third kappa shape index (κ3) is 2.48. The van der Waals surface area contributed by atoms with Crippen LogP contribution in [0.4, 0.5) is 13.2 Å². The minimum absolute atomic E-state index is 0.118. The molecule has 0 atom stereocenters. The van der Waals surface area contributed by atoms with E-state index in [1.807, 2.05) is 6.92 Å². The van der Waals surface area contributed by atoms with Crippen LogP contribution in [-0.2, 0) is 6.18 Å². The van der Waals surface area contributed by atoms with Gasteiger partial charge in [0, 0.05) is 18.0 Å². The van der Waals surface area contributed by atoms with Gasteiger partial charge >= 0.3 is 6.18 Å². The van der Waals surface area contributed by atoms with Crippen molar-refractivity contribution in [2.24, 2.45) is 0 Å². The Kier molecular flexibility index (Phi) is 3.62. The van der Waals surface area contributed by atoms with Gasteiger partial charge in [0.1, 0.15) is 11.3 Å². The summed E-state index contributed by atoms with van der Waals surface area (Å²) in [6.07, 6.45) is -1.27.